The Hall–Kier alpha value is -0.790. The van der Waals surface area contributed by atoms with Crippen molar-refractivity contribution < 1.29 is 9.90 Å². The van der Waals surface area contributed by atoms with Crippen molar-refractivity contribution in [2.75, 3.05) is 0 Å². The van der Waals surface area contributed by atoms with E-state index in [2.05, 4.69) is 13.8 Å². The van der Waals surface area contributed by atoms with E-state index in [1.807, 2.05) is 13.8 Å². The highest BCUT2D eigenvalue weighted by Crippen LogP contribution is 2.40. The molecule has 2 heteroatoms. The summed E-state index contributed by atoms with van der Waals surface area (Å²) >= 11 is 0. The molecule has 0 aromatic rings. The summed E-state index contributed by atoms with van der Waals surface area (Å²) < 4.78 is 0. The lowest BCUT2D eigenvalue weighted by Gasteiger charge is -2.29. The standard InChI is InChI=1S/C21H36O2/c1-20(2,14-16-9-5-6-10-16)18(22)13-19(23)21(3,4)15-17-11-7-8-12-17/h13,16-17,22H,5-12,14-15H2,1-4H3/b18-13-. The third kappa shape index (κ3) is 5.09. The average Bonchev–Trinajstić information content (AvgIpc) is 3.11. The number of hydrogen-bond acceptors (Lipinski definition) is 2. The van der Waals surface area contributed by atoms with Crippen LogP contribution in [0.1, 0.15) is 91.9 Å². The van der Waals surface area contributed by atoms with Gasteiger partial charge in [0.2, 0.25) is 0 Å². The van der Waals surface area contributed by atoms with E-state index >= 15 is 0 Å². The SMILES string of the molecule is CC(C)(CC1CCCC1)C(=O)/C=C(\O)C(C)(C)CC1CCCC1. The zero-order chi connectivity index (χ0) is 17.1. The normalized spacial score (nSPS) is 22.0. The maximum Gasteiger partial charge on any atom is 0.164 e. The lowest BCUT2D eigenvalue weighted by molar-refractivity contribution is -0.123. The molecule has 2 aliphatic carbocycles. The van der Waals surface area contributed by atoms with E-state index in [0.29, 0.717) is 11.8 Å². The van der Waals surface area contributed by atoms with Gasteiger partial charge in [0.05, 0.1) is 0 Å². The van der Waals surface area contributed by atoms with Gasteiger partial charge >= 0.3 is 0 Å². The Morgan fingerprint density at radius 3 is 1.70 bits per heavy atom. The number of ketones is 1. The van der Waals surface area contributed by atoms with Crippen molar-refractivity contribution >= 4 is 5.78 Å². The number of aliphatic hydroxyl groups is 1. The van der Waals surface area contributed by atoms with Crippen molar-refractivity contribution in [1.82, 2.24) is 0 Å². The molecule has 0 bridgehead atoms. The molecule has 2 aliphatic rings. The summed E-state index contributed by atoms with van der Waals surface area (Å²) in [5.41, 5.74) is -0.638. The predicted molar refractivity (Wildman–Crippen MR) is 96.4 cm³/mol. The van der Waals surface area contributed by atoms with E-state index in [1.165, 1.54) is 51.4 Å². The molecular formula is C21H36O2. The van der Waals surface area contributed by atoms with Crippen LogP contribution in [0.25, 0.3) is 0 Å². The van der Waals surface area contributed by atoms with Gasteiger partial charge in [0.25, 0.3) is 0 Å². The summed E-state index contributed by atoms with van der Waals surface area (Å²) in [6.45, 7) is 8.24. The molecular weight excluding hydrogens is 284 g/mol. The number of aliphatic hydroxyl groups excluding tert-OH is 1. The molecule has 0 spiro atoms. The van der Waals surface area contributed by atoms with Crippen LogP contribution >= 0.6 is 0 Å². The van der Waals surface area contributed by atoms with Crippen LogP contribution in [0.2, 0.25) is 0 Å². The fourth-order valence-corrected chi connectivity index (χ4v) is 4.59. The molecule has 0 aliphatic heterocycles. The van der Waals surface area contributed by atoms with E-state index in [9.17, 15) is 9.90 Å². The summed E-state index contributed by atoms with van der Waals surface area (Å²) in [5, 5.41) is 10.6. The fraction of sp³-hybridized carbons (Fsp3) is 0.857. The molecule has 2 nitrogen and oxygen atoms in total. The topological polar surface area (TPSA) is 37.3 Å². The zero-order valence-electron chi connectivity index (χ0n) is 15.7. The van der Waals surface area contributed by atoms with Crippen LogP contribution in [0.3, 0.4) is 0 Å². The first-order valence-corrected chi connectivity index (χ1v) is 9.66. The largest absolute Gasteiger partial charge is 0.512 e. The van der Waals surface area contributed by atoms with Gasteiger partial charge < -0.3 is 5.11 Å². The van der Waals surface area contributed by atoms with E-state index < -0.39 is 0 Å². The van der Waals surface area contributed by atoms with Crippen molar-refractivity contribution in [3.63, 3.8) is 0 Å². The first kappa shape index (κ1) is 18.5. The number of carbonyl (C=O) groups excluding carboxylic acids is 1. The van der Waals surface area contributed by atoms with Crippen LogP contribution in [0, 0.1) is 22.7 Å². The molecule has 2 rings (SSSR count). The van der Waals surface area contributed by atoms with Gasteiger partial charge in [-0.25, -0.2) is 0 Å². The highest BCUT2D eigenvalue weighted by Gasteiger charge is 2.34. The summed E-state index contributed by atoms with van der Waals surface area (Å²) in [7, 11) is 0. The summed E-state index contributed by atoms with van der Waals surface area (Å²) in [4.78, 5) is 12.7. The fourth-order valence-electron chi connectivity index (χ4n) is 4.59. The molecule has 132 valence electrons. The van der Waals surface area contributed by atoms with Crippen molar-refractivity contribution in [1.29, 1.82) is 0 Å². The van der Waals surface area contributed by atoms with Crippen LogP contribution in [0.15, 0.2) is 11.8 Å². The van der Waals surface area contributed by atoms with Gasteiger partial charge in [-0.3, -0.25) is 4.79 Å². The molecule has 0 aromatic heterocycles. The number of rotatable bonds is 7. The first-order chi connectivity index (χ1) is 10.7. The second-order valence-electron chi connectivity index (χ2n) is 9.37. The number of allylic oxidation sites excluding steroid dienone is 2. The van der Waals surface area contributed by atoms with Gasteiger partial charge in [0.15, 0.2) is 5.78 Å². The summed E-state index contributed by atoms with van der Waals surface area (Å²) in [5.74, 6) is 1.79. The summed E-state index contributed by atoms with van der Waals surface area (Å²) in [6.07, 6.45) is 13.8. The van der Waals surface area contributed by atoms with Crippen molar-refractivity contribution in [3.8, 4) is 0 Å². The molecule has 0 radical (unpaired) electrons. The Balaban J connectivity index is 1.97. The number of carbonyl (C=O) groups is 1. The van der Waals surface area contributed by atoms with Gasteiger partial charge in [-0.15, -0.1) is 0 Å². The van der Waals surface area contributed by atoms with Gasteiger partial charge in [-0.2, -0.15) is 0 Å². The third-order valence-corrected chi connectivity index (χ3v) is 6.18. The maximum atomic E-state index is 12.7. The molecule has 0 heterocycles. The van der Waals surface area contributed by atoms with E-state index in [1.54, 1.807) is 6.08 Å². The van der Waals surface area contributed by atoms with E-state index in [4.69, 9.17) is 0 Å². The monoisotopic (exact) mass is 320 g/mol. The van der Waals surface area contributed by atoms with Crippen LogP contribution in [0.4, 0.5) is 0 Å². The van der Waals surface area contributed by atoms with Gasteiger partial charge in [-0.05, 0) is 24.7 Å². The Morgan fingerprint density at radius 1 is 0.870 bits per heavy atom. The average molecular weight is 321 g/mol. The molecule has 23 heavy (non-hydrogen) atoms. The summed E-state index contributed by atoms with van der Waals surface area (Å²) in [6, 6.07) is 0. The van der Waals surface area contributed by atoms with Gasteiger partial charge in [-0.1, -0.05) is 79.1 Å². The zero-order valence-corrected chi connectivity index (χ0v) is 15.7. The second-order valence-corrected chi connectivity index (χ2v) is 9.37. The minimum atomic E-state index is -0.355. The van der Waals surface area contributed by atoms with E-state index in [0.717, 1.165) is 12.8 Å². The molecule has 0 unspecified atom stereocenters. The van der Waals surface area contributed by atoms with Crippen LogP contribution in [-0.2, 0) is 4.79 Å². The first-order valence-electron chi connectivity index (χ1n) is 9.66. The quantitative estimate of drug-likeness (QED) is 0.447. The van der Waals surface area contributed by atoms with Crippen molar-refractivity contribution in [3.05, 3.63) is 11.8 Å². The molecule has 2 saturated carbocycles. The lowest BCUT2D eigenvalue weighted by atomic mass is 9.76. The highest BCUT2D eigenvalue weighted by atomic mass is 16.3. The lowest BCUT2D eigenvalue weighted by Crippen LogP contribution is -2.27. The Labute approximate surface area is 142 Å². The van der Waals surface area contributed by atoms with Crippen LogP contribution in [0.5, 0.6) is 0 Å². The molecule has 0 atom stereocenters. The maximum absolute atomic E-state index is 12.7. The van der Waals surface area contributed by atoms with Crippen LogP contribution < -0.4 is 0 Å². The Morgan fingerprint density at radius 2 is 1.26 bits per heavy atom. The van der Waals surface area contributed by atoms with Crippen molar-refractivity contribution in [2.45, 2.75) is 91.9 Å². The smallest absolute Gasteiger partial charge is 0.164 e. The second kappa shape index (κ2) is 7.40. The molecule has 0 saturated heterocycles. The number of hydrogen-bond donors (Lipinski definition) is 1. The Kier molecular flexibility index (Phi) is 5.97. The third-order valence-electron chi connectivity index (χ3n) is 6.18. The highest BCUT2D eigenvalue weighted by molar-refractivity contribution is 5.94. The van der Waals surface area contributed by atoms with Gasteiger partial charge in [0, 0.05) is 16.9 Å². The minimum Gasteiger partial charge on any atom is -0.512 e. The molecule has 0 aromatic carbocycles. The Bertz CT molecular complexity index is 433. The molecule has 2 fully saturated rings. The van der Waals surface area contributed by atoms with Crippen LogP contribution in [-0.4, -0.2) is 10.9 Å². The van der Waals surface area contributed by atoms with Crippen molar-refractivity contribution in [2.24, 2.45) is 22.7 Å². The molecule has 0 amide bonds. The van der Waals surface area contributed by atoms with Gasteiger partial charge in [0.1, 0.15) is 5.76 Å². The van der Waals surface area contributed by atoms with E-state index in [-0.39, 0.29) is 22.4 Å². The minimum absolute atomic E-state index is 0.0985. The predicted octanol–water partition coefficient (Wildman–Crippen LogP) is 6.21. The molecule has 1 N–H and O–H groups in total.